The van der Waals surface area contributed by atoms with E-state index in [1.807, 2.05) is 67.6 Å². The minimum Gasteiger partial charge on any atom is -0.497 e. The van der Waals surface area contributed by atoms with Gasteiger partial charge in [0.15, 0.2) is 5.82 Å². The highest BCUT2D eigenvalue weighted by Gasteiger charge is 2.15. The second-order valence-electron chi connectivity index (χ2n) is 6.94. The van der Waals surface area contributed by atoms with Crippen molar-refractivity contribution in [3.63, 3.8) is 0 Å². The van der Waals surface area contributed by atoms with Gasteiger partial charge < -0.3 is 14.8 Å². The van der Waals surface area contributed by atoms with Gasteiger partial charge in [0.1, 0.15) is 5.75 Å². The van der Waals surface area contributed by atoms with Gasteiger partial charge in [-0.2, -0.15) is 4.98 Å². The van der Waals surface area contributed by atoms with E-state index in [0.29, 0.717) is 22.8 Å². The Labute approximate surface area is 180 Å². The number of methoxy groups -OCH3 is 2. The quantitative estimate of drug-likeness (QED) is 0.502. The van der Waals surface area contributed by atoms with Gasteiger partial charge in [-0.1, -0.05) is 35.9 Å². The number of amides is 1. The van der Waals surface area contributed by atoms with Crippen LogP contribution in [0.5, 0.6) is 11.8 Å². The number of nitrogens with one attached hydrogen (secondary N) is 1. The van der Waals surface area contributed by atoms with Crippen LogP contribution in [0.1, 0.15) is 15.9 Å². The monoisotopic (exact) mass is 414 g/mol. The lowest BCUT2D eigenvalue weighted by Crippen LogP contribution is -2.12. The van der Waals surface area contributed by atoms with E-state index in [2.05, 4.69) is 15.4 Å². The number of hydrogen-bond donors (Lipinski definition) is 1. The second-order valence-corrected chi connectivity index (χ2v) is 6.94. The lowest BCUT2D eigenvalue weighted by molar-refractivity contribution is 0.102. The predicted molar refractivity (Wildman–Crippen MR) is 119 cm³/mol. The Morgan fingerprint density at radius 1 is 0.935 bits per heavy atom. The van der Waals surface area contributed by atoms with Crippen molar-refractivity contribution >= 4 is 11.6 Å². The molecule has 0 aliphatic heterocycles. The molecule has 7 heteroatoms. The fourth-order valence-corrected chi connectivity index (χ4v) is 3.13. The minimum absolute atomic E-state index is 0.179. The Bertz CT molecular complexity index is 1220. The number of aromatic nitrogens is 3. The summed E-state index contributed by atoms with van der Waals surface area (Å²) in [4.78, 5) is 17.1. The van der Waals surface area contributed by atoms with E-state index in [0.717, 1.165) is 16.8 Å². The number of benzene rings is 3. The topological polar surface area (TPSA) is 78.3 Å². The molecule has 0 aliphatic carbocycles. The SMILES string of the molecule is COc1cccc(-c2nc(OC)nn2-c2cccc(NC(=O)c3ccc(C)cc3)c2)c1. The molecule has 0 atom stereocenters. The van der Waals surface area contributed by atoms with Gasteiger partial charge in [-0.05, 0) is 49.4 Å². The molecule has 4 aromatic rings. The smallest absolute Gasteiger partial charge is 0.336 e. The zero-order chi connectivity index (χ0) is 21.8. The van der Waals surface area contributed by atoms with Crippen molar-refractivity contribution in [2.45, 2.75) is 6.92 Å². The van der Waals surface area contributed by atoms with E-state index in [1.165, 1.54) is 7.11 Å². The maximum absolute atomic E-state index is 12.6. The highest BCUT2D eigenvalue weighted by Crippen LogP contribution is 2.27. The molecule has 4 rings (SSSR count). The third kappa shape index (κ3) is 4.40. The number of nitrogens with zero attached hydrogens (tertiary/aromatic N) is 3. The van der Waals surface area contributed by atoms with Crippen LogP contribution < -0.4 is 14.8 Å². The first-order valence-corrected chi connectivity index (χ1v) is 9.71. The van der Waals surface area contributed by atoms with Gasteiger partial charge in [0, 0.05) is 16.8 Å². The molecule has 0 radical (unpaired) electrons. The molecular formula is C24H22N4O3. The van der Waals surface area contributed by atoms with E-state index in [1.54, 1.807) is 23.9 Å². The standard InChI is InChI=1S/C24H22N4O3/c1-16-10-12-17(13-11-16)23(29)25-19-7-5-8-20(15-19)28-22(26-24(27-28)31-3)18-6-4-9-21(14-18)30-2/h4-15H,1-3H3,(H,25,29). The van der Waals surface area contributed by atoms with E-state index < -0.39 is 0 Å². The molecular weight excluding hydrogens is 392 g/mol. The van der Waals surface area contributed by atoms with Gasteiger partial charge in [-0.3, -0.25) is 4.79 Å². The summed E-state index contributed by atoms with van der Waals surface area (Å²) in [7, 11) is 3.14. The molecule has 1 amide bonds. The lowest BCUT2D eigenvalue weighted by atomic mass is 10.1. The number of anilines is 1. The maximum atomic E-state index is 12.6. The van der Waals surface area contributed by atoms with E-state index >= 15 is 0 Å². The largest absolute Gasteiger partial charge is 0.497 e. The van der Waals surface area contributed by atoms with Gasteiger partial charge in [0.25, 0.3) is 5.91 Å². The number of ether oxygens (including phenoxy) is 2. The Morgan fingerprint density at radius 2 is 1.71 bits per heavy atom. The van der Waals surface area contributed by atoms with Crippen LogP contribution >= 0.6 is 0 Å². The molecule has 0 spiro atoms. The third-order valence-electron chi connectivity index (χ3n) is 4.76. The molecule has 0 saturated heterocycles. The van der Waals surface area contributed by atoms with Crippen LogP contribution in [-0.4, -0.2) is 34.9 Å². The van der Waals surface area contributed by atoms with Crippen LogP contribution in [0.2, 0.25) is 0 Å². The minimum atomic E-state index is -0.179. The molecule has 0 fully saturated rings. The normalized spacial score (nSPS) is 10.5. The summed E-state index contributed by atoms with van der Waals surface area (Å²) in [6.45, 7) is 1.98. The van der Waals surface area contributed by atoms with Crippen LogP contribution in [0.3, 0.4) is 0 Å². The first-order valence-electron chi connectivity index (χ1n) is 9.71. The van der Waals surface area contributed by atoms with Crippen LogP contribution in [0, 0.1) is 6.92 Å². The molecule has 156 valence electrons. The zero-order valence-corrected chi connectivity index (χ0v) is 17.5. The van der Waals surface area contributed by atoms with E-state index in [4.69, 9.17) is 9.47 Å². The first kappa shape index (κ1) is 20.2. The van der Waals surface area contributed by atoms with E-state index in [-0.39, 0.29) is 11.9 Å². The van der Waals surface area contributed by atoms with Crippen molar-refractivity contribution in [3.05, 3.63) is 83.9 Å². The molecule has 31 heavy (non-hydrogen) atoms. The van der Waals surface area contributed by atoms with Crippen molar-refractivity contribution in [1.82, 2.24) is 14.8 Å². The first-order chi connectivity index (χ1) is 15.1. The summed E-state index contributed by atoms with van der Waals surface area (Å²) in [5.41, 5.74) is 3.90. The van der Waals surface area contributed by atoms with Crippen molar-refractivity contribution in [2.24, 2.45) is 0 Å². The van der Waals surface area contributed by atoms with Crippen molar-refractivity contribution in [2.75, 3.05) is 19.5 Å². The van der Waals surface area contributed by atoms with Crippen molar-refractivity contribution < 1.29 is 14.3 Å². The number of hydrogen-bond acceptors (Lipinski definition) is 5. The number of carbonyl (C=O) groups is 1. The Kier molecular flexibility index (Phi) is 5.66. The maximum Gasteiger partial charge on any atom is 0.336 e. The lowest BCUT2D eigenvalue weighted by Gasteiger charge is -2.10. The van der Waals surface area contributed by atoms with Gasteiger partial charge >= 0.3 is 6.01 Å². The molecule has 0 unspecified atom stereocenters. The third-order valence-corrected chi connectivity index (χ3v) is 4.76. The van der Waals surface area contributed by atoms with Crippen molar-refractivity contribution in [1.29, 1.82) is 0 Å². The highest BCUT2D eigenvalue weighted by molar-refractivity contribution is 6.04. The van der Waals surface area contributed by atoms with Gasteiger partial charge in [-0.15, -0.1) is 5.10 Å². The van der Waals surface area contributed by atoms with E-state index in [9.17, 15) is 4.79 Å². The summed E-state index contributed by atoms with van der Waals surface area (Å²) in [6.07, 6.45) is 0. The number of aryl methyl sites for hydroxylation is 1. The van der Waals surface area contributed by atoms with Gasteiger partial charge in [-0.25, -0.2) is 4.68 Å². The van der Waals surface area contributed by atoms with Crippen molar-refractivity contribution in [3.8, 4) is 28.8 Å². The van der Waals surface area contributed by atoms with Crippen LogP contribution in [0.25, 0.3) is 17.1 Å². The van der Waals surface area contributed by atoms with Crippen LogP contribution in [0.15, 0.2) is 72.8 Å². The molecule has 0 saturated carbocycles. The van der Waals surface area contributed by atoms with Gasteiger partial charge in [0.05, 0.1) is 19.9 Å². The predicted octanol–water partition coefficient (Wildman–Crippen LogP) is 4.51. The fraction of sp³-hybridized carbons (Fsp3) is 0.125. The Balaban J connectivity index is 1.68. The summed E-state index contributed by atoms with van der Waals surface area (Å²) >= 11 is 0. The molecule has 3 aromatic carbocycles. The summed E-state index contributed by atoms with van der Waals surface area (Å²) in [5, 5.41) is 7.38. The van der Waals surface area contributed by atoms with Crippen LogP contribution in [-0.2, 0) is 0 Å². The summed E-state index contributed by atoms with van der Waals surface area (Å²) in [6, 6.07) is 22.6. The van der Waals surface area contributed by atoms with Gasteiger partial charge in [0.2, 0.25) is 0 Å². The number of rotatable bonds is 6. The Hall–Kier alpha value is -4.13. The molecule has 1 N–H and O–H groups in total. The highest BCUT2D eigenvalue weighted by atomic mass is 16.5. The zero-order valence-electron chi connectivity index (χ0n) is 17.5. The molecule has 7 nitrogen and oxygen atoms in total. The fourth-order valence-electron chi connectivity index (χ4n) is 3.13. The molecule has 0 bridgehead atoms. The molecule has 0 aliphatic rings. The summed E-state index contributed by atoms with van der Waals surface area (Å²) < 4.78 is 12.3. The second kappa shape index (κ2) is 8.71. The summed E-state index contributed by atoms with van der Waals surface area (Å²) in [5.74, 6) is 1.13. The molecule has 1 aromatic heterocycles. The average molecular weight is 414 g/mol. The number of carbonyl (C=O) groups excluding carboxylic acids is 1. The molecule has 1 heterocycles. The Morgan fingerprint density at radius 3 is 2.45 bits per heavy atom. The average Bonchev–Trinajstić information content (AvgIpc) is 3.24. The van der Waals surface area contributed by atoms with Crippen LogP contribution in [0.4, 0.5) is 5.69 Å².